The number of rotatable bonds is 4. The van der Waals surface area contributed by atoms with Crippen molar-refractivity contribution in [1.82, 2.24) is 24.7 Å². The first-order chi connectivity index (χ1) is 11.8. The van der Waals surface area contributed by atoms with E-state index in [2.05, 4.69) is 25.4 Å². The van der Waals surface area contributed by atoms with Crippen LogP contribution in [-0.2, 0) is 6.54 Å². The molecule has 3 heterocycles. The van der Waals surface area contributed by atoms with Crippen molar-refractivity contribution in [2.75, 3.05) is 5.32 Å². The summed E-state index contributed by atoms with van der Waals surface area (Å²) in [4.78, 5) is 23.8. The summed E-state index contributed by atoms with van der Waals surface area (Å²) in [7, 11) is 0. The topological polar surface area (TPSA) is 88.5 Å². The van der Waals surface area contributed by atoms with Gasteiger partial charge in [0.15, 0.2) is 5.65 Å². The van der Waals surface area contributed by atoms with Crippen molar-refractivity contribution >= 4 is 17.0 Å². The molecule has 0 amide bonds. The molecular formula is C17H20N6O. The van der Waals surface area contributed by atoms with Gasteiger partial charge in [-0.15, -0.1) is 0 Å². The van der Waals surface area contributed by atoms with Crippen LogP contribution in [0.1, 0.15) is 43.7 Å². The zero-order chi connectivity index (χ0) is 16.4. The van der Waals surface area contributed by atoms with E-state index in [1.54, 1.807) is 18.6 Å². The maximum Gasteiger partial charge on any atom is 0.263 e. The number of fused-ring (bicyclic) bond motifs is 1. The van der Waals surface area contributed by atoms with Crippen LogP contribution in [-0.4, -0.2) is 24.7 Å². The molecule has 0 unspecified atom stereocenters. The Kier molecular flexibility index (Phi) is 3.98. The molecule has 7 nitrogen and oxygen atoms in total. The number of hydrogen-bond acceptors (Lipinski definition) is 5. The molecule has 7 heteroatoms. The maximum absolute atomic E-state index is 12.3. The number of nitrogens with one attached hydrogen (secondary N) is 2. The molecule has 0 radical (unpaired) electrons. The summed E-state index contributed by atoms with van der Waals surface area (Å²) >= 11 is 0. The van der Waals surface area contributed by atoms with Gasteiger partial charge in [-0.2, -0.15) is 10.1 Å². The van der Waals surface area contributed by atoms with E-state index < -0.39 is 0 Å². The highest BCUT2D eigenvalue weighted by atomic mass is 16.1. The maximum atomic E-state index is 12.3. The lowest BCUT2D eigenvalue weighted by Gasteiger charge is -2.22. The van der Waals surface area contributed by atoms with E-state index in [4.69, 9.17) is 0 Å². The Balaban J connectivity index is 1.63. The predicted molar refractivity (Wildman–Crippen MR) is 91.8 cm³/mol. The number of pyridine rings is 1. The zero-order valence-corrected chi connectivity index (χ0v) is 13.4. The number of H-pyrrole nitrogens is 1. The fourth-order valence-electron chi connectivity index (χ4n) is 3.30. The molecule has 0 saturated heterocycles. The van der Waals surface area contributed by atoms with Crippen molar-refractivity contribution in [2.45, 2.75) is 44.7 Å². The van der Waals surface area contributed by atoms with Gasteiger partial charge in [0, 0.05) is 18.9 Å². The fraction of sp³-hybridized carbons (Fsp3) is 0.412. The van der Waals surface area contributed by atoms with Crippen LogP contribution in [0.25, 0.3) is 11.0 Å². The highest BCUT2D eigenvalue weighted by molar-refractivity contribution is 5.74. The molecule has 0 bridgehead atoms. The van der Waals surface area contributed by atoms with Crippen LogP contribution in [0, 0.1) is 0 Å². The average molecular weight is 324 g/mol. The number of hydrogen-bond donors (Lipinski definition) is 2. The van der Waals surface area contributed by atoms with Crippen molar-refractivity contribution in [2.24, 2.45) is 0 Å². The van der Waals surface area contributed by atoms with E-state index in [0.717, 1.165) is 18.4 Å². The molecule has 0 atom stereocenters. The Bertz CT molecular complexity index is 879. The van der Waals surface area contributed by atoms with Crippen LogP contribution >= 0.6 is 0 Å². The second-order valence-electron chi connectivity index (χ2n) is 6.25. The van der Waals surface area contributed by atoms with E-state index in [1.807, 2.05) is 16.8 Å². The molecule has 3 aromatic heterocycles. The smallest absolute Gasteiger partial charge is 0.263 e. The van der Waals surface area contributed by atoms with E-state index in [-0.39, 0.29) is 5.56 Å². The number of aromatic amines is 1. The molecule has 24 heavy (non-hydrogen) atoms. The minimum absolute atomic E-state index is 0.157. The molecule has 0 spiro atoms. The molecule has 1 fully saturated rings. The Morgan fingerprint density at radius 3 is 2.92 bits per heavy atom. The Hall–Kier alpha value is -2.70. The summed E-state index contributed by atoms with van der Waals surface area (Å²) in [5, 5.41) is 8.15. The second kappa shape index (κ2) is 6.43. The Labute approximate surface area is 139 Å². The van der Waals surface area contributed by atoms with Crippen LogP contribution in [0.15, 0.2) is 35.5 Å². The summed E-state index contributed by atoms with van der Waals surface area (Å²) in [6.45, 7) is 0.555. The molecule has 124 valence electrons. The van der Waals surface area contributed by atoms with Gasteiger partial charge in [-0.25, -0.2) is 4.68 Å². The van der Waals surface area contributed by atoms with E-state index in [1.165, 1.54) is 19.3 Å². The lowest BCUT2D eigenvalue weighted by atomic mass is 9.96. The third kappa shape index (κ3) is 2.89. The number of anilines is 1. The third-order valence-corrected chi connectivity index (χ3v) is 4.57. The van der Waals surface area contributed by atoms with Gasteiger partial charge < -0.3 is 5.32 Å². The van der Waals surface area contributed by atoms with Gasteiger partial charge in [0.05, 0.1) is 12.2 Å². The van der Waals surface area contributed by atoms with Crippen molar-refractivity contribution in [1.29, 1.82) is 0 Å². The molecule has 1 aliphatic rings. The summed E-state index contributed by atoms with van der Waals surface area (Å²) in [6.07, 6.45) is 11.0. The van der Waals surface area contributed by atoms with Gasteiger partial charge in [0.25, 0.3) is 5.56 Å². The van der Waals surface area contributed by atoms with Crippen LogP contribution in [0.4, 0.5) is 5.95 Å². The molecule has 1 aliphatic carbocycles. The van der Waals surface area contributed by atoms with Crippen molar-refractivity contribution < 1.29 is 0 Å². The van der Waals surface area contributed by atoms with Crippen LogP contribution in [0.3, 0.4) is 0 Å². The average Bonchev–Trinajstić information content (AvgIpc) is 3.06. The Morgan fingerprint density at radius 2 is 2.12 bits per heavy atom. The van der Waals surface area contributed by atoms with Gasteiger partial charge in [-0.05, 0) is 24.5 Å². The Morgan fingerprint density at radius 1 is 1.25 bits per heavy atom. The summed E-state index contributed by atoms with van der Waals surface area (Å²) in [5.41, 5.74) is 1.54. The van der Waals surface area contributed by atoms with E-state index in [9.17, 15) is 4.79 Å². The normalized spacial score (nSPS) is 15.7. The summed E-state index contributed by atoms with van der Waals surface area (Å²) in [6, 6.07) is 4.20. The van der Waals surface area contributed by atoms with Crippen molar-refractivity contribution in [3.63, 3.8) is 0 Å². The van der Waals surface area contributed by atoms with Crippen LogP contribution < -0.4 is 10.9 Å². The lowest BCUT2D eigenvalue weighted by molar-refractivity contribution is 0.336. The molecule has 0 aliphatic heterocycles. The van der Waals surface area contributed by atoms with Gasteiger partial charge in [-0.3, -0.25) is 14.8 Å². The molecule has 1 saturated carbocycles. The van der Waals surface area contributed by atoms with Crippen LogP contribution in [0.5, 0.6) is 0 Å². The third-order valence-electron chi connectivity index (χ3n) is 4.57. The van der Waals surface area contributed by atoms with E-state index >= 15 is 0 Å². The first-order valence-corrected chi connectivity index (χ1v) is 8.41. The largest absolute Gasteiger partial charge is 0.352 e. The first-order valence-electron chi connectivity index (χ1n) is 8.41. The van der Waals surface area contributed by atoms with E-state index in [0.29, 0.717) is 29.6 Å². The predicted octanol–water partition coefficient (Wildman–Crippen LogP) is 2.63. The highest BCUT2D eigenvalue weighted by Gasteiger charge is 2.20. The van der Waals surface area contributed by atoms with Crippen molar-refractivity contribution in [3.8, 4) is 0 Å². The minimum atomic E-state index is -0.157. The number of aromatic nitrogens is 5. The standard InChI is InChI=1S/C17H20N6O/c24-16-14-11-20-23(13-6-2-1-3-7-13)15(14)21-17(22-16)19-10-12-5-4-8-18-9-12/h4-5,8-9,11,13H,1-3,6-7,10H2,(H2,19,21,22,24). The molecule has 3 aromatic rings. The van der Waals surface area contributed by atoms with Gasteiger partial charge in [0.1, 0.15) is 5.39 Å². The molecule has 4 rings (SSSR count). The van der Waals surface area contributed by atoms with Gasteiger partial charge in [-0.1, -0.05) is 25.3 Å². The van der Waals surface area contributed by atoms with Crippen LogP contribution in [0.2, 0.25) is 0 Å². The van der Waals surface area contributed by atoms with Gasteiger partial charge >= 0.3 is 0 Å². The SMILES string of the molecule is O=c1[nH]c(NCc2cccnc2)nc2c1cnn2C1CCCCC1. The second-order valence-corrected chi connectivity index (χ2v) is 6.25. The first kappa shape index (κ1) is 14.9. The molecule has 0 aromatic carbocycles. The molecular weight excluding hydrogens is 304 g/mol. The van der Waals surface area contributed by atoms with Crippen molar-refractivity contribution in [3.05, 3.63) is 46.6 Å². The monoisotopic (exact) mass is 324 g/mol. The van der Waals surface area contributed by atoms with Gasteiger partial charge in [0.2, 0.25) is 5.95 Å². The minimum Gasteiger partial charge on any atom is -0.352 e. The quantitative estimate of drug-likeness (QED) is 0.770. The lowest BCUT2D eigenvalue weighted by Crippen LogP contribution is -2.17. The summed E-state index contributed by atoms with van der Waals surface area (Å²) in [5.74, 6) is 0.467. The molecule has 2 N–H and O–H groups in total. The zero-order valence-electron chi connectivity index (χ0n) is 13.4. The fourth-order valence-corrected chi connectivity index (χ4v) is 3.30. The summed E-state index contributed by atoms with van der Waals surface area (Å²) < 4.78 is 1.93. The number of nitrogens with zero attached hydrogens (tertiary/aromatic N) is 4. The highest BCUT2D eigenvalue weighted by Crippen LogP contribution is 2.29.